The molecule has 1 saturated heterocycles. The van der Waals surface area contributed by atoms with Gasteiger partial charge in [0.25, 0.3) is 0 Å². The molecule has 1 aliphatic rings. The fourth-order valence-electron chi connectivity index (χ4n) is 2.16. The normalized spacial score (nSPS) is 16.5. The predicted molar refractivity (Wildman–Crippen MR) is 77.5 cm³/mol. The minimum Gasteiger partial charge on any atom is -0.381 e. The van der Waals surface area contributed by atoms with Crippen molar-refractivity contribution in [2.45, 2.75) is 39.3 Å². The van der Waals surface area contributed by atoms with E-state index < -0.39 is 0 Å². The Morgan fingerprint density at radius 3 is 2.79 bits per heavy atom. The van der Waals surface area contributed by atoms with Crippen LogP contribution in [0.25, 0.3) is 0 Å². The number of carbonyl (C=O) groups excluding carboxylic acids is 1. The molecule has 1 aromatic heterocycles. The highest BCUT2D eigenvalue weighted by Crippen LogP contribution is 2.20. The summed E-state index contributed by atoms with van der Waals surface area (Å²) < 4.78 is 5.27. The molecule has 0 spiro atoms. The number of thiophene rings is 1. The van der Waals surface area contributed by atoms with Gasteiger partial charge >= 0.3 is 0 Å². The van der Waals surface area contributed by atoms with Crippen molar-refractivity contribution in [3.05, 3.63) is 21.4 Å². The summed E-state index contributed by atoms with van der Waals surface area (Å²) in [6, 6.07) is 2.47. The first kappa shape index (κ1) is 14.5. The molecule has 19 heavy (non-hydrogen) atoms. The molecule has 5 heteroatoms. The first-order valence-electron chi connectivity index (χ1n) is 6.79. The molecular weight excluding hydrogens is 260 g/mol. The molecule has 2 N–H and O–H groups in total. The highest BCUT2D eigenvalue weighted by atomic mass is 32.1. The van der Waals surface area contributed by atoms with Crippen molar-refractivity contribution >= 4 is 17.2 Å². The number of hydrogen-bond donors (Lipinski definition) is 2. The van der Waals surface area contributed by atoms with Crippen LogP contribution in [-0.2, 0) is 16.1 Å². The Labute approximate surface area is 118 Å². The van der Waals surface area contributed by atoms with Gasteiger partial charge in [-0.15, -0.1) is 11.3 Å². The first-order chi connectivity index (χ1) is 9.15. The van der Waals surface area contributed by atoms with Crippen LogP contribution < -0.4 is 10.6 Å². The lowest BCUT2D eigenvalue weighted by molar-refractivity contribution is -0.121. The molecule has 106 valence electrons. The SMILES string of the molecule is Cc1cc(CNCC(=O)NC2CCOCC2)sc1C. The van der Waals surface area contributed by atoms with E-state index in [2.05, 4.69) is 30.5 Å². The van der Waals surface area contributed by atoms with E-state index in [1.807, 2.05) is 0 Å². The van der Waals surface area contributed by atoms with Crippen LogP contribution in [0, 0.1) is 13.8 Å². The maximum absolute atomic E-state index is 11.8. The monoisotopic (exact) mass is 282 g/mol. The van der Waals surface area contributed by atoms with Gasteiger partial charge in [0.15, 0.2) is 0 Å². The van der Waals surface area contributed by atoms with E-state index in [0.717, 1.165) is 32.6 Å². The summed E-state index contributed by atoms with van der Waals surface area (Å²) in [5.41, 5.74) is 1.33. The second-order valence-corrected chi connectivity index (χ2v) is 6.35. The van der Waals surface area contributed by atoms with E-state index in [0.29, 0.717) is 6.54 Å². The molecule has 2 rings (SSSR count). The molecule has 0 atom stereocenters. The topological polar surface area (TPSA) is 50.4 Å². The van der Waals surface area contributed by atoms with Crippen molar-refractivity contribution in [1.29, 1.82) is 0 Å². The van der Waals surface area contributed by atoms with E-state index in [9.17, 15) is 4.79 Å². The molecule has 0 bridgehead atoms. The lowest BCUT2D eigenvalue weighted by atomic mass is 10.1. The number of amides is 1. The molecule has 1 amide bonds. The molecule has 0 saturated carbocycles. The molecule has 1 aliphatic heterocycles. The standard InChI is InChI=1S/C14H22N2O2S/c1-10-7-13(19-11(10)2)8-15-9-14(17)16-12-3-5-18-6-4-12/h7,12,15H,3-6,8-9H2,1-2H3,(H,16,17). The minimum absolute atomic E-state index is 0.0805. The molecule has 4 nitrogen and oxygen atoms in total. The van der Waals surface area contributed by atoms with Crippen LogP contribution in [0.2, 0.25) is 0 Å². The molecule has 0 unspecified atom stereocenters. The minimum atomic E-state index is 0.0805. The quantitative estimate of drug-likeness (QED) is 0.865. The second-order valence-electron chi connectivity index (χ2n) is 5.01. The predicted octanol–water partition coefficient (Wildman–Crippen LogP) is 1.75. The summed E-state index contributed by atoms with van der Waals surface area (Å²) in [5.74, 6) is 0.0805. The summed E-state index contributed by atoms with van der Waals surface area (Å²) in [6.45, 7) is 6.90. The third-order valence-electron chi connectivity index (χ3n) is 3.39. The summed E-state index contributed by atoms with van der Waals surface area (Å²) in [4.78, 5) is 14.4. The molecule has 1 aromatic rings. The van der Waals surface area contributed by atoms with Gasteiger partial charge in [-0.2, -0.15) is 0 Å². The lowest BCUT2D eigenvalue weighted by Gasteiger charge is -2.23. The van der Waals surface area contributed by atoms with Crippen molar-refractivity contribution < 1.29 is 9.53 Å². The lowest BCUT2D eigenvalue weighted by Crippen LogP contribution is -2.42. The summed E-state index contributed by atoms with van der Waals surface area (Å²) >= 11 is 1.79. The van der Waals surface area contributed by atoms with Crippen LogP contribution in [0.3, 0.4) is 0 Å². The molecule has 1 fully saturated rings. The zero-order valence-electron chi connectivity index (χ0n) is 11.6. The third kappa shape index (κ3) is 4.60. The first-order valence-corrected chi connectivity index (χ1v) is 7.60. The van der Waals surface area contributed by atoms with E-state index in [4.69, 9.17) is 4.74 Å². The molecular formula is C14H22N2O2S. The van der Waals surface area contributed by atoms with Crippen molar-refractivity contribution in [3.63, 3.8) is 0 Å². The van der Waals surface area contributed by atoms with E-state index in [-0.39, 0.29) is 11.9 Å². The Balaban J connectivity index is 1.66. The zero-order valence-corrected chi connectivity index (χ0v) is 12.4. The van der Waals surface area contributed by atoms with Gasteiger partial charge in [-0.05, 0) is 38.3 Å². The van der Waals surface area contributed by atoms with Crippen molar-refractivity contribution in [2.24, 2.45) is 0 Å². The number of aryl methyl sites for hydroxylation is 2. The van der Waals surface area contributed by atoms with E-state index >= 15 is 0 Å². The molecule has 0 radical (unpaired) electrons. The number of carbonyl (C=O) groups is 1. The summed E-state index contributed by atoms with van der Waals surface area (Å²) in [6.07, 6.45) is 1.85. The fraction of sp³-hybridized carbons (Fsp3) is 0.643. The van der Waals surface area contributed by atoms with E-state index in [1.54, 1.807) is 11.3 Å². The average molecular weight is 282 g/mol. The number of hydrogen-bond acceptors (Lipinski definition) is 4. The van der Waals surface area contributed by atoms with Crippen LogP contribution in [0.1, 0.15) is 28.2 Å². The number of rotatable bonds is 5. The maximum Gasteiger partial charge on any atom is 0.234 e. The van der Waals surface area contributed by atoms with Crippen LogP contribution in [0.15, 0.2) is 6.07 Å². The fourth-order valence-corrected chi connectivity index (χ4v) is 3.18. The van der Waals surface area contributed by atoms with Gasteiger partial charge in [0.2, 0.25) is 5.91 Å². The van der Waals surface area contributed by atoms with Gasteiger partial charge in [-0.3, -0.25) is 4.79 Å². The van der Waals surface area contributed by atoms with Gasteiger partial charge < -0.3 is 15.4 Å². The highest BCUT2D eigenvalue weighted by Gasteiger charge is 2.15. The Hall–Kier alpha value is -0.910. The molecule has 0 aliphatic carbocycles. The Morgan fingerprint density at radius 1 is 1.42 bits per heavy atom. The molecule has 2 heterocycles. The Bertz CT molecular complexity index is 406. The van der Waals surface area contributed by atoms with Gasteiger partial charge in [-0.25, -0.2) is 0 Å². The van der Waals surface area contributed by atoms with Crippen molar-refractivity contribution in [1.82, 2.24) is 10.6 Å². The Kier molecular flexibility index (Phi) is 5.36. The van der Waals surface area contributed by atoms with Crippen molar-refractivity contribution in [3.8, 4) is 0 Å². The average Bonchev–Trinajstić information content (AvgIpc) is 2.70. The highest BCUT2D eigenvalue weighted by molar-refractivity contribution is 7.12. The van der Waals surface area contributed by atoms with Gasteiger partial charge in [0, 0.05) is 35.6 Å². The van der Waals surface area contributed by atoms with Gasteiger partial charge in [0.05, 0.1) is 6.54 Å². The second kappa shape index (κ2) is 7.03. The summed E-state index contributed by atoms with van der Waals surface area (Å²) in [5, 5.41) is 6.24. The van der Waals surface area contributed by atoms with Crippen LogP contribution in [-0.4, -0.2) is 31.7 Å². The van der Waals surface area contributed by atoms with E-state index in [1.165, 1.54) is 15.3 Å². The van der Waals surface area contributed by atoms with Crippen LogP contribution in [0.5, 0.6) is 0 Å². The molecule has 0 aromatic carbocycles. The number of nitrogens with one attached hydrogen (secondary N) is 2. The van der Waals surface area contributed by atoms with Crippen LogP contribution >= 0.6 is 11.3 Å². The van der Waals surface area contributed by atoms with Gasteiger partial charge in [-0.1, -0.05) is 0 Å². The summed E-state index contributed by atoms with van der Waals surface area (Å²) in [7, 11) is 0. The smallest absolute Gasteiger partial charge is 0.234 e. The third-order valence-corrected chi connectivity index (χ3v) is 4.54. The zero-order chi connectivity index (χ0) is 13.7. The number of ether oxygens (including phenoxy) is 1. The van der Waals surface area contributed by atoms with Gasteiger partial charge in [0.1, 0.15) is 0 Å². The maximum atomic E-state index is 11.8. The Morgan fingerprint density at radius 2 is 2.16 bits per heavy atom. The van der Waals surface area contributed by atoms with Crippen LogP contribution in [0.4, 0.5) is 0 Å². The largest absolute Gasteiger partial charge is 0.381 e. The van der Waals surface area contributed by atoms with Crippen molar-refractivity contribution in [2.75, 3.05) is 19.8 Å².